The number of hydrogen-bond donors (Lipinski definition) is 3. The zero-order valence-corrected chi connectivity index (χ0v) is 11.4. The molecule has 1 aliphatic rings. The predicted molar refractivity (Wildman–Crippen MR) is 71.3 cm³/mol. The van der Waals surface area contributed by atoms with Crippen molar-refractivity contribution in [1.82, 2.24) is 25.7 Å². The van der Waals surface area contributed by atoms with Crippen molar-refractivity contribution < 1.29 is 8.42 Å². The zero-order valence-electron chi connectivity index (χ0n) is 10.6. The Morgan fingerprint density at radius 1 is 1.40 bits per heavy atom. The Morgan fingerprint density at radius 2 is 2.25 bits per heavy atom. The lowest BCUT2D eigenvalue weighted by molar-refractivity contribution is 0.593. The largest absolute Gasteiger partial charge is 0.310 e. The van der Waals surface area contributed by atoms with Gasteiger partial charge in [0.2, 0.25) is 0 Å². The summed E-state index contributed by atoms with van der Waals surface area (Å²) in [6, 6.07) is 3.63. The Morgan fingerprint density at radius 3 is 2.95 bits per heavy atom. The van der Waals surface area contributed by atoms with Crippen LogP contribution in [0.4, 0.5) is 5.82 Å². The number of anilines is 1. The van der Waals surface area contributed by atoms with Crippen LogP contribution in [0.3, 0.4) is 0 Å². The molecule has 1 aliphatic carbocycles. The Balaban J connectivity index is 1.78. The van der Waals surface area contributed by atoms with Gasteiger partial charge in [-0.2, -0.15) is 18.6 Å². The van der Waals surface area contributed by atoms with Gasteiger partial charge in [0.15, 0.2) is 10.8 Å². The van der Waals surface area contributed by atoms with Gasteiger partial charge >= 0.3 is 0 Å². The quantitative estimate of drug-likeness (QED) is 0.704. The second-order valence-electron chi connectivity index (χ2n) is 4.59. The molecule has 20 heavy (non-hydrogen) atoms. The molecular formula is C11H14N6O2S. The van der Waals surface area contributed by atoms with Crippen LogP contribution in [0.1, 0.15) is 18.4 Å². The summed E-state index contributed by atoms with van der Waals surface area (Å²) >= 11 is 0. The molecule has 1 saturated carbocycles. The number of aromatic amines is 1. The van der Waals surface area contributed by atoms with E-state index in [2.05, 4.69) is 30.4 Å². The Bertz CT molecular complexity index is 680. The predicted octanol–water partition coefficient (Wildman–Crippen LogP) is 0.252. The molecule has 0 unspecified atom stereocenters. The van der Waals surface area contributed by atoms with E-state index in [1.807, 2.05) is 0 Å². The number of aromatic nitrogens is 4. The lowest BCUT2D eigenvalue weighted by Crippen LogP contribution is -2.20. The highest BCUT2D eigenvalue weighted by atomic mass is 32.2. The van der Waals surface area contributed by atoms with Crippen molar-refractivity contribution >= 4 is 15.8 Å². The smallest absolute Gasteiger partial charge is 0.280 e. The van der Waals surface area contributed by atoms with Gasteiger partial charge in [0.05, 0.1) is 6.20 Å². The molecule has 3 N–H and O–H groups in total. The average Bonchev–Trinajstić information content (AvgIpc) is 3.13. The Hall–Kier alpha value is -2.00. The minimum atomic E-state index is -3.74. The summed E-state index contributed by atoms with van der Waals surface area (Å²) in [6.45, 7) is 0.470. The van der Waals surface area contributed by atoms with Gasteiger partial charge in [-0.3, -0.25) is 9.82 Å². The minimum Gasteiger partial charge on any atom is -0.310 e. The summed E-state index contributed by atoms with van der Waals surface area (Å²) in [7, 11) is -3.74. The summed E-state index contributed by atoms with van der Waals surface area (Å²) < 4.78 is 26.9. The fourth-order valence-corrected chi connectivity index (χ4v) is 2.87. The van der Waals surface area contributed by atoms with E-state index >= 15 is 0 Å². The number of H-pyrrole nitrogens is 1. The van der Waals surface area contributed by atoms with Gasteiger partial charge in [0, 0.05) is 24.3 Å². The van der Waals surface area contributed by atoms with Crippen molar-refractivity contribution in [2.24, 2.45) is 0 Å². The third kappa shape index (κ3) is 2.94. The molecule has 0 atom stereocenters. The van der Waals surface area contributed by atoms with Crippen molar-refractivity contribution in [1.29, 1.82) is 0 Å². The maximum atomic E-state index is 12.3. The lowest BCUT2D eigenvalue weighted by Gasteiger charge is -2.07. The fraction of sp³-hybridized carbons (Fsp3) is 0.364. The summed E-state index contributed by atoms with van der Waals surface area (Å²) in [5, 5.41) is 17.0. The fourth-order valence-electron chi connectivity index (χ4n) is 1.74. The first-order valence-electron chi connectivity index (χ1n) is 6.21. The molecule has 3 rings (SSSR count). The van der Waals surface area contributed by atoms with E-state index in [0.717, 1.165) is 12.8 Å². The van der Waals surface area contributed by atoms with Crippen molar-refractivity contribution in [3.05, 3.63) is 30.1 Å². The number of nitrogens with zero attached hydrogens (tertiary/aromatic N) is 3. The molecule has 8 nitrogen and oxygen atoms in total. The van der Waals surface area contributed by atoms with Gasteiger partial charge in [-0.1, -0.05) is 0 Å². The van der Waals surface area contributed by atoms with Crippen molar-refractivity contribution in [2.75, 3.05) is 4.72 Å². The molecule has 0 bridgehead atoms. The standard InChI is InChI=1S/C11H14N6O2S/c18-20(19,17-10-2-1-5-13-15-10)11-8(7-14-16-11)6-12-9-3-4-9/h1-2,5,7,9,12H,3-4,6H2,(H,14,16)(H,15,17). The van der Waals surface area contributed by atoms with Gasteiger partial charge in [-0.15, -0.1) is 5.10 Å². The number of rotatable bonds is 6. The lowest BCUT2D eigenvalue weighted by atomic mass is 10.3. The highest BCUT2D eigenvalue weighted by Crippen LogP contribution is 2.21. The molecule has 0 aromatic carbocycles. The first kappa shape index (κ1) is 13.0. The van der Waals surface area contributed by atoms with Gasteiger partial charge in [0.1, 0.15) is 0 Å². The van der Waals surface area contributed by atoms with E-state index in [1.54, 1.807) is 6.07 Å². The van der Waals surface area contributed by atoms with Crippen LogP contribution in [0.5, 0.6) is 0 Å². The van der Waals surface area contributed by atoms with Gasteiger partial charge in [0.25, 0.3) is 10.0 Å². The molecule has 0 radical (unpaired) electrons. The van der Waals surface area contributed by atoms with Gasteiger partial charge in [-0.05, 0) is 25.0 Å². The van der Waals surface area contributed by atoms with E-state index < -0.39 is 10.0 Å². The van der Waals surface area contributed by atoms with Gasteiger partial charge < -0.3 is 5.32 Å². The third-order valence-corrected chi connectivity index (χ3v) is 4.29. The number of sulfonamides is 1. The highest BCUT2D eigenvalue weighted by molar-refractivity contribution is 7.92. The van der Waals surface area contributed by atoms with E-state index in [0.29, 0.717) is 18.2 Å². The second kappa shape index (κ2) is 5.17. The van der Waals surface area contributed by atoms with Crippen LogP contribution in [0.15, 0.2) is 29.6 Å². The average molecular weight is 294 g/mol. The van der Waals surface area contributed by atoms with Gasteiger partial charge in [-0.25, -0.2) is 0 Å². The molecule has 106 valence electrons. The molecule has 0 aliphatic heterocycles. The molecule has 9 heteroatoms. The summed E-state index contributed by atoms with van der Waals surface area (Å²) in [6.07, 6.45) is 5.26. The first-order chi connectivity index (χ1) is 9.65. The Labute approximate surface area is 116 Å². The zero-order chi connectivity index (χ0) is 14.0. The van der Waals surface area contributed by atoms with Crippen LogP contribution in [-0.4, -0.2) is 34.9 Å². The van der Waals surface area contributed by atoms with Crippen LogP contribution < -0.4 is 10.0 Å². The molecular weight excluding hydrogens is 280 g/mol. The molecule has 0 spiro atoms. The van der Waals surface area contributed by atoms with E-state index in [-0.39, 0.29) is 10.8 Å². The molecule has 0 saturated heterocycles. The highest BCUT2D eigenvalue weighted by Gasteiger charge is 2.24. The minimum absolute atomic E-state index is 0.0521. The SMILES string of the molecule is O=S(=O)(Nc1cccnn1)c1[nH]ncc1CNC1CC1. The molecule has 2 aromatic rings. The van der Waals surface area contributed by atoms with Crippen molar-refractivity contribution in [3.8, 4) is 0 Å². The van der Waals surface area contributed by atoms with Crippen molar-refractivity contribution in [2.45, 2.75) is 30.5 Å². The molecule has 1 fully saturated rings. The maximum absolute atomic E-state index is 12.3. The number of hydrogen-bond acceptors (Lipinski definition) is 6. The number of nitrogens with one attached hydrogen (secondary N) is 3. The topological polar surface area (TPSA) is 113 Å². The van der Waals surface area contributed by atoms with Crippen LogP contribution in [-0.2, 0) is 16.6 Å². The monoisotopic (exact) mass is 294 g/mol. The second-order valence-corrected chi connectivity index (χ2v) is 6.21. The van der Waals surface area contributed by atoms with Crippen molar-refractivity contribution in [3.63, 3.8) is 0 Å². The van der Waals surface area contributed by atoms with E-state index in [9.17, 15) is 8.42 Å². The van der Waals surface area contributed by atoms with E-state index in [1.165, 1.54) is 18.5 Å². The first-order valence-corrected chi connectivity index (χ1v) is 7.69. The Kier molecular flexibility index (Phi) is 3.36. The normalized spacial score (nSPS) is 15.2. The van der Waals surface area contributed by atoms with E-state index in [4.69, 9.17) is 0 Å². The molecule has 2 aromatic heterocycles. The van der Waals surface area contributed by atoms with Crippen LogP contribution >= 0.6 is 0 Å². The molecule has 0 amide bonds. The molecule has 2 heterocycles. The van der Waals surface area contributed by atoms with Crippen LogP contribution in [0.25, 0.3) is 0 Å². The summed E-state index contributed by atoms with van der Waals surface area (Å²) in [5.41, 5.74) is 0.605. The van der Waals surface area contributed by atoms with Crippen LogP contribution in [0.2, 0.25) is 0 Å². The third-order valence-electron chi connectivity index (χ3n) is 2.92. The summed E-state index contributed by atoms with van der Waals surface area (Å²) in [5.74, 6) is 0.170. The van der Waals surface area contributed by atoms with Crippen LogP contribution in [0, 0.1) is 0 Å². The summed E-state index contributed by atoms with van der Waals surface area (Å²) in [4.78, 5) is 0. The maximum Gasteiger partial charge on any atom is 0.280 e.